The summed E-state index contributed by atoms with van der Waals surface area (Å²) in [4.78, 5) is 26.6. The number of carboxylic acid groups (broad SMARTS) is 1. The first-order valence-electron chi connectivity index (χ1n) is 11.3. The molecule has 3 rings (SSSR count). The first-order chi connectivity index (χ1) is 15.8. The second kappa shape index (κ2) is 13.1. The van der Waals surface area contributed by atoms with Gasteiger partial charge in [-0.1, -0.05) is 32.0 Å². The second-order valence-corrected chi connectivity index (χ2v) is 8.15. The van der Waals surface area contributed by atoms with Gasteiger partial charge in [-0.05, 0) is 74.6 Å². The van der Waals surface area contributed by atoms with Crippen molar-refractivity contribution >= 4 is 16.9 Å². The predicted octanol–water partition coefficient (Wildman–Crippen LogP) is 0.0932. The number of hydrogen-bond donors (Lipinski definition) is 0. The van der Waals surface area contributed by atoms with E-state index in [9.17, 15) is 23.5 Å². The van der Waals surface area contributed by atoms with Gasteiger partial charge in [-0.15, -0.1) is 0 Å². The van der Waals surface area contributed by atoms with Crippen LogP contribution in [0.25, 0.3) is 10.9 Å². The van der Waals surface area contributed by atoms with Gasteiger partial charge in [0.05, 0.1) is 18.0 Å². The van der Waals surface area contributed by atoms with Crippen LogP contribution in [-0.2, 0) is 30.6 Å². The van der Waals surface area contributed by atoms with Gasteiger partial charge in [0.25, 0.3) is 0 Å². The Morgan fingerprint density at radius 1 is 1.03 bits per heavy atom. The number of hydrogen-bond acceptors (Lipinski definition) is 4. The molecule has 34 heavy (non-hydrogen) atoms. The van der Waals surface area contributed by atoms with Crippen LogP contribution >= 0.6 is 0 Å². The summed E-state index contributed by atoms with van der Waals surface area (Å²) < 4.78 is 29.2. The molecule has 0 aliphatic rings. The molecule has 0 amide bonds. The van der Waals surface area contributed by atoms with Crippen LogP contribution in [0.2, 0.25) is 0 Å². The Hall–Kier alpha value is -2.06. The van der Waals surface area contributed by atoms with Crippen molar-refractivity contribution in [3.63, 3.8) is 0 Å². The van der Waals surface area contributed by atoms with Gasteiger partial charge in [-0.3, -0.25) is 4.79 Å². The molecule has 0 aliphatic carbocycles. The summed E-state index contributed by atoms with van der Waals surface area (Å²) in [6.45, 7) is 6.73. The van der Waals surface area contributed by atoms with Crippen LogP contribution in [0.15, 0.2) is 47.3 Å². The van der Waals surface area contributed by atoms with E-state index in [2.05, 4.69) is 18.7 Å². The van der Waals surface area contributed by atoms with Crippen LogP contribution in [0.1, 0.15) is 37.1 Å². The summed E-state index contributed by atoms with van der Waals surface area (Å²) in [5.41, 5.74) is 1.91. The predicted molar refractivity (Wildman–Crippen MR) is 123 cm³/mol. The number of carbonyl (C=O) groups excluding carboxylic acids is 1. The average molecular weight is 479 g/mol. The molecule has 0 bridgehead atoms. The van der Waals surface area contributed by atoms with Crippen molar-refractivity contribution in [1.29, 1.82) is 0 Å². The van der Waals surface area contributed by atoms with Crippen molar-refractivity contribution in [3.8, 4) is 0 Å². The van der Waals surface area contributed by atoms with E-state index >= 15 is 0 Å². The third-order valence-corrected chi connectivity index (χ3v) is 6.07. The van der Waals surface area contributed by atoms with E-state index in [-0.39, 0.29) is 53.4 Å². The Labute approximate surface area is 220 Å². The number of carbonyl (C=O) groups is 1. The molecule has 0 fully saturated rings. The summed E-state index contributed by atoms with van der Waals surface area (Å²) in [6.07, 6.45) is 2.05. The molecule has 1 aromatic heterocycles. The SMILES string of the molecule is CCN(CC)CCCc1ccc2c(=O)cc(CCc3cccc(F)c3F)n(CC(=O)[O-])c2c1.[Na+]. The Bertz CT molecular complexity index is 1190. The molecule has 0 saturated heterocycles. The van der Waals surface area contributed by atoms with Crippen molar-refractivity contribution in [2.75, 3.05) is 19.6 Å². The summed E-state index contributed by atoms with van der Waals surface area (Å²) >= 11 is 0. The molecule has 176 valence electrons. The maximum Gasteiger partial charge on any atom is 1.00 e. The quantitative estimate of drug-likeness (QED) is 0.367. The van der Waals surface area contributed by atoms with E-state index in [0.717, 1.165) is 44.1 Å². The number of pyridine rings is 1. The molecule has 0 atom stereocenters. The van der Waals surface area contributed by atoms with E-state index in [1.54, 1.807) is 6.07 Å². The molecule has 8 heteroatoms. The third-order valence-electron chi connectivity index (χ3n) is 6.07. The molecule has 0 unspecified atom stereocenters. The summed E-state index contributed by atoms with van der Waals surface area (Å²) in [6, 6.07) is 10.8. The maximum atomic E-state index is 14.1. The molecule has 0 radical (unpaired) electrons. The first-order valence-corrected chi connectivity index (χ1v) is 11.3. The maximum absolute atomic E-state index is 14.1. The molecular weight excluding hydrogens is 449 g/mol. The molecule has 0 N–H and O–H groups in total. The van der Waals surface area contributed by atoms with E-state index in [1.165, 1.54) is 22.8 Å². The van der Waals surface area contributed by atoms with Crippen LogP contribution in [0.3, 0.4) is 0 Å². The average Bonchev–Trinajstić information content (AvgIpc) is 2.79. The topological polar surface area (TPSA) is 65.4 Å². The molecule has 3 aromatic rings. The monoisotopic (exact) mass is 478 g/mol. The van der Waals surface area contributed by atoms with Gasteiger partial charge in [-0.2, -0.15) is 0 Å². The third kappa shape index (κ3) is 6.98. The van der Waals surface area contributed by atoms with Crippen molar-refractivity contribution in [2.45, 2.75) is 46.1 Å². The van der Waals surface area contributed by atoms with Crippen LogP contribution in [0.4, 0.5) is 8.78 Å². The van der Waals surface area contributed by atoms with E-state index in [4.69, 9.17) is 0 Å². The normalized spacial score (nSPS) is 11.1. The fourth-order valence-corrected chi connectivity index (χ4v) is 4.20. The molecule has 2 aromatic carbocycles. The standard InChI is InChI=1S/C26H30F2N2O3.Na/c1-3-29(4-2)14-6-7-18-10-13-21-23(15-18)30(17-25(32)33)20(16-24(21)31)12-11-19-8-5-9-22(27)26(19)28;/h5,8-10,13,15-16H,3-4,6-7,11-12,14,17H2,1-2H3,(H,32,33);/q;+1/p-1. The number of benzene rings is 2. The fraction of sp³-hybridized carbons (Fsp3) is 0.385. The van der Waals surface area contributed by atoms with Crippen molar-refractivity contribution in [2.24, 2.45) is 0 Å². The molecule has 0 saturated carbocycles. The smallest absolute Gasteiger partial charge is 0.548 e. The Morgan fingerprint density at radius 2 is 1.76 bits per heavy atom. The Morgan fingerprint density at radius 3 is 2.44 bits per heavy atom. The number of aliphatic carboxylic acids is 1. The van der Waals surface area contributed by atoms with Gasteiger partial charge in [0.1, 0.15) is 0 Å². The van der Waals surface area contributed by atoms with E-state index in [1.807, 2.05) is 12.1 Å². The summed E-state index contributed by atoms with van der Waals surface area (Å²) in [7, 11) is 0. The van der Waals surface area contributed by atoms with Crippen LogP contribution in [-0.4, -0.2) is 35.1 Å². The van der Waals surface area contributed by atoms with E-state index < -0.39 is 24.1 Å². The zero-order valence-corrected chi connectivity index (χ0v) is 22.1. The van der Waals surface area contributed by atoms with Crippen molar-refractivity contribution in [1.82, 2.24) is 9.47 Å². The van der Waals surface area contributed by atoms with E-state index in [0.29, 0.717) is 16.6 Å². The largest absolute Gasteiger partial charge is 1.00 e. The summed E-state index contributed by atoms with van der Waals surface area (Å²) in [5.74, 6) is -3.15. The van der Waals surface area contributed by atoms with Crippen molar-refractivity contribution < 1.29 is 48.2 Å². The molecule has 0 spiro atoms. The molecule has 1 heterocycles. The number of carboxylic acids is 1. The van der Waals surface area contributed by atoms with Crippen molar-refractivity contribution in [3.05, 3.63) is 81.1 Å². The van der Waals surface area contributed by atoms with Gasteiger partial charge < -0.3 is 19.4 Å². The van der Waals surface area contributed by atoms with Crippen LogP contribution < -0.4 is 40.1 Å². The molecule has 5 nitrogen and oxygen atoms in total. The number of fused-ring (bicyclic) bond motifs is 1. The zero-order valence-electron chi connectivity index (χ0n) is 20.1. The number of nitrogens with zero attached hydrogens (tertiary/aromatic N) is 2. The second-order valence-electron chi connectivity index (χ2n) is 8.15. The number of halogens is 2. The fourth-order valence-electron chi connectivity index (χ4n) is 4.20. The van der Waals surface area contributed by atoms with Gasteiger partial charge in [0.15, 0.2) is 17.1 Å². The number of aromatic nitrogens is 1. The van der Waals surface area contributed by atoms with Crippen LogP contribution in [0, 0.1) is 11.6 Å². The van der Waals surface area contributed by atoms with Gasteiger partial charge in [-0.25, -0.2) is 8.78 Å². The Kier molecular flexibility index (Phi) is 10.9. The molecule has 0 aliphatic heterocycles. The summed E-state index contributed by atoms with van der Waals surface area (Å²) in [5, 5.41) is 11.9. The minimum Gasteiger partial charge on any atom is -0.548 e. The zero-order chi connectivity index (χ0) is 24.0. The van der Waals surface area contributed by atoms with Gasteiger partial charge in [0.2, 0.25) is 0 Å². The van der Waals surface area contributed by atoms with Gasteiger partial charge >= 0.3 is 29.6 Å². The first kappa shape index (κ1) is 28.2. The number of aryl methyl sites for hydroxylation is 3. The Balaban J connectivity index is 0.00000408. The van der Waals surface area contributed by atoms with Gasteiger partial charge in [0, 0.05) is 17.1 Å². The van der Waals surface area contributed by atoms with Crippen LogP contribution in [0.5, 0.6) is 0 Å². The number of rotatable bonds is 11. The minimum absolute atomic E-state index is 0. The molecular formula is C26H29F2N2NaO3. The minimum atomic E-state index is -1.29.